The molecule has 0 aliphatic carbocycles. The fourth-order valence-corrected chi connectivity index (χ4v) is 2.99. The monoisotopic (exact) mass is 374 g/mol. The molecule has 1 saturated heterocycles. The molecule has 0 radical (unpaired) electrons. The topological polar surface area (TPSA) is 142 Å². The van der Waals surface area contributed by atoms with Crippen molar-refractivity contribution in [3.05, 3.63) is 79.9 Å². The summed E-state index contributed by atoms with van der Waals surface area (Å²) in [4.78, 5) is 33.3. The number of aliphatic hydroxyl groups excluding tert-OH is 1. The van der Waals surface area contributed by atoms with Gasteiger partial charge in [-0.15, -0.1) is 0 Å². The van der Waals surface area contributed by atoms with E-state index in [0.29, 0.717) is 0 Å². The molecule has 1 aliphatic heterocycles. The highest BCUT2D eigenvalue weighted by atomic mass is 16.6. The van der Waals surface area contributed by atoms with Crippen LogP contribution in [0, 0.1) is 20.2 Å². The Hall–Kier alpha value is -3.37. The maximum Gasteiger partial charge on any atom is 0.346 e. The molecule has 140 valence electrons. The Morgan fingerprint density at radius 1 is 1.04 bits per heavy atom. The number of hydrogen-bond acceptors (Lipinski definition) is 8. The number of rotatable bonds is 5. The zero-order valence-electron chi connectivity index (χ0n) is 13.8. The van der Waals surface area contributed by atoms with Crippen LogP contribution < -0.4 is 0 Å². The molecule has 3 rings (SSSR count). The van der Waals surface area contributed by atoms with E-state index < -0.39 is 38.9 Å². The number of hydrogen-bond donors (Lipinski definition) is 1. The summed E-state index contributed by atoms with van der Waals surface area (Å²) in [7, 11) is 0. The number of carbonyl (C=O) groups excluding carboxylic acids is 1. The molecule has 1 fully saturated rings. The Bertz CT molecular complexity index is 901. The van der Waals surface area contributed by atoms with E-state index in [0.717, 1.165) is 18.2 Å². The van der Waals surface area contributed by atoms with Crippen LogP contribution in [0.15, 0.2) is 48.5 Å². The number of nitro groups is 2. The molecule has 1 aliphatic rings. The van der Waals surface area contributed by atoms with Crippen molar-refractivity contribution in [2.75, 3.05) is 13.2 Å². The normalized spacial score (nSPS) is 20.6. The lowest BCUT2D eigenvalue weighted by molar-refractivity contribution is -0.395. The van der Waals surface area contributed by atoms with Crippen molar-refractivity contribution in [3.63, 3.8) is 0 Å². The standard InChI is InChI=1S/C17H14N2O8/c20-15(13-7-6-12(18(22)23)10-14(13)19(24)25)17(11-4-2-1-3-5-11)16(21)26-8-9-27-17/h1-7,10,15,20H,8-9H2/t15-,17+/m0/s1. The van der Waals surface area contributed by atoms with Crippen molar-refractivity contribution in [2.24, 2.45) is 0 Å². The average molecular weight is 374 g/mol. The summed E-state index contributed by atoms with van der Waals surface area (Å²) >= 11 is 0. The number of esters is 1. The predicted molar refractivity (Wildman–Crippen MR) is 89.7 cm³/mol. The van der Waals surface area contributed by atoms with Gasteiger partial charge in [0.05, 0.1) is 28.1 Å². The summed E-state index contributed by atoms with van der Waals surface area (Å²) in [5.74, 6) is -0.903. The van der Waals surface area contributed by atoms with E-state index in [-0.39, 0.29) is 24.3 Å². The molecule has 0 amide bonds. The summed E-state index contributed by atoms with van der Waals surface area (Å²) in [5, 5.41) is 33.3. The van der Waals surface area contributed by atoms with Crippen LogP contribution in [0.1, 0.15) is 17.2 Å². The van der Waals surface area contributed by atoms with Crippen molar-refractivity contribution < 1.29 is 29.2 Å². The lowest BCUT2D eigenvalue weighted by Gasteiger charge is -2.38. The first-order chi connectivity index (χ1) is 12.9. The largest absolute Gasteiger partial charge is 0.461 e. The lowest BCUT2D eigenvalue weighted by atomic mass is 9.83. The highest BCUT2D eigenvalue weighted by Crippen LogP contribution is 2.44. The number of aliphatic hydroxyl groups is 1. The second kappa shape index (κ2) is 7.09. The molecule has 0 unspecified atom stereocenters. The van der Waals surface area contributed by atoms with E-state index in [1.165, 1.54) is 12.1 Å². The molecule has 0 spiro atoms. The van der Waals surface area contributed by atoms with Gasteiger partial charge in [-0.2, -0.15) is 0 Å². The maximum absolute atomic E-state index is 12.6. The number of cyclic esters (lactones) is 1. The van der Waals surface area contributed by atoms with Gasteiger partial charge in [-0.1, -0.05) is 30.3 Å². The molecular formula is C17H14N2O8. The second-order valence-corrected chi connectivity index (χ2v) is 5.75. The average Bonchev–Trinajstić information content (AvgIpc) is 2.68. The van der Waals surface area contributed by atoms with Crippen LogP contribution in [0.25, 0.3) is 0 Å². The minimum atomic E-state index is -2.03. The number of nitro benzene ring substituents is 2. The number of ether oxygens (including phenoxy) is 2. The van der Waals surface area contributed by atoms with E-state index in [1.54, 1.807) is 18.2 Å². The van der Waals surface area contributed by atoms with Gasteiger partial charge < -0.3 is 14.6 Å². The summed E-state index contributed by atoms with van der Waals surface area (Å²) < 4.78 is 10.7. The highest BCUT2D eigenvalue weighted by molar-refractivity contribution is 5.83. The molecule has 2 aromatic carbocycles. The molecule has 27 heavy (non-hydrogen) atoms. The Morgan fingerprint density at radius 3 is 2.33 bits per heavy atom. The number of nitrogens with zero attached hydrogens (tertiary/aromatic N) is 2. The van der Waals surface area contributed by atoms with Crippen LogP contribution in [0.3, 0.4) is 0 Å². The molecule has 10 nitrogen and oxygen atoms in total. The zero-order valence-corrected chi connectivity index (χ0v) is 13.8. The molecule has 0 aromatic heterocycles. The molecule has 2 aromatic rings. The van der Waals surface area contributed by atoms with Crippen LogP contribution in [0.5, 0.6) is 0 Å². The SMILES string of the molecule is O=C1OCCO[C@]1(c1ccccc1)[C@@H](O)c1ccc([N+](=O)[O-])cc1[N+](=O)[O-]. The number of carbonyl (C=O) groups is 1. The molecule has 10 heteroatoms. The Kier molecular flexibility index (Phi) is 4.84. The number of non-ortho nitro benzene ring substituents is 1. The van der Waals surface area contributed by atoms with Crippen molar-refractivity contribution in [1.29, 1.82) is 0 Å². The van der Waals surface area contributed by atoms with Crippen molar-refractivity contribution in [1.82, 2.24) is 0 Å². The highest BCUT2D eigenvalue weighted by Gasteiger charge is 2.53. The minimum absolute atomic E-state index is 0.0253. The molecular weight excluding hydrogens is 360 g/mol. The third-order valence-electron chi connectivity index (χ3n) is 4.25. The lowest BCUT2D eigenvalue weighted by Crippen LogP contribution is -2.49. The summed E-state index contributed by atoms with van der Waals surface area (Å²) in [6.45, 7) is -0.0546. The predicted octanol–water partition coefficient (Wildman–Crippen LogP) is 2.01. The first-order valence-corrected chi connectivity index (χ1v) is 7.85. The Labute approximate surface area is 152 Å². The summed E-state index contributed by atoms with van der Waals surface area (Å²) in [6, 6.07) is 10.7. The summed E-state index contributed by atoms with van der Waals surface area (Å²) in [5.41, 5.74) is -3.30. The first-order valence-electron chi connectivity index (χ1n) is 7.85. The van der Waals surface area contributed by atoms with Gasteiger partial charge >= 0.3 is 5.97 Å². The quantitative estimate of drug-likeness (QED) is 0.476. The fourth-order valence-electron chi connectivity index (χ4n) is 2.99. The van der Waals surface area contributed by atoms with Crippen molar-refractivity contribution >= 4 is 17.3 Å². The van der Waals surface area contributed by atoms with Crippen molar-refractivity contribution in [3.8, 4) is 0 Å². The van der Waals surface area contributed by atoms with Gasteiger partial charge in [0.1, 0.15) is 12.7 Å². The Morgan fingerprint density at radius 2 is 1.74 bits per heavy atom. The number of benzene rings is 2. The smallest absolute Gasteiger partial charge is 0.346 e. The van der Waals surface area contributed by atoms with Crippen LogP contribution in [0.2, 0.25) is 0 Å². The van der Waals surface area contributed by atoms with E-state index >= 15 is 0 Å². The van der Waals surface area contributed by atoms with Gasteiger partial charge in [0.25, 0.3) is 11.4 Å². The van der Waals surface area contributed by atoms with Crippen LogP contribution >= 0.6 is 0 Å². The third kappa shape index (κ3) is 3.11. The van der Waals surface area contributed by atoms with E-state index in [9.17, 15) is 30.1 Å². The second-order valence-electron chi connectivity index (χ2n) is 5.75. The van der Waals surface area contributed by atoms with Crippen LogP contribution in [-0.4, -0.2) is 34.1 Å². The van der Waals surface area contributed by atoms with Crippen LogP contribution in [-0.2, 0) is 19.9 Å². The summed E-state index contributed by atoms with van der Waals surface area (Å²) in [6.07, 6.45) is -1.83. The van der Waals surface area contributed by atoms with Gasteiger partial charge in [-0.25, -0.2) is 4.79 Å². The first kappa shape index (κ1) is 18.4. The van der Waals surface area contributed by atoms with Gasteiger partial charge in [0.15, 0.2) is 0 Å². The molecule has 1 heterocycles. The Balaban J connectivity index is 2.19. The van der Waals surface area contributed by atoms with Gasteiger partial charge in [-0.3, -0.25) is 20.2 Å². The van der Waals surface area contributed by atoms with Crippen LogP contribution in [0.4, 0.5) is 11.4 Å². The molecule has 0 bridgehead atoms. The molecule has 1 N–H and O–H groups in total. The maximum atomic E-state index is 12.6. The third-order valence-corrected chi connectivity index (χ3v) is 4.25. The van der Waals surface area contributed by atoms with E-state index in [4.69, 9.17) is 9.47 Å². The van der Waals surface area contributed by atoms with Gasteiger partial charge in [0.2, 0.25) is 5.60 Å². The van der Waals surface area contributed by atoms with Gasteiger partial charge in [-0.05, 0) is 11.6 Å². The zero-order chi connectivity index (χ0) is 19.6. The van der Waals surface area contributed by atoms with E-state index in [1.807, 2.05) is 0 Å². The molecule has 2 atom stereocenters. The van der Waals surface area contributed by atoms with E-state index in [2.05, 4.69) is 0 Å². The van der Waals surface area contributed by atoms with Crippen molar-refractivity contribution in [2.45, 2.75) is 11.7 Å². The minimum Gasteiger partial charge on any atom is -0.461 e. The van der Waals surface area contributed by atoms with Gasteiger partial charge in [0, 0.05) is 6.07 Å². The fraction of sp³-hybridized carbons (Fsp3) is 0.235. The molecule has 0 saturated carbocycles.